The largest absolute Gasteiger partial charge is 0.465 e. The van der Waals surface area contributed by atoms with E-state index in [1.165, 1.54) is 11.8 Å². The fourth-order valence-electron chi connectivity index (χ4n) is 2.18. The number of aromatic nitrogens is 3. The zero-order valence-corrected chi connectivity index (χ0v) is 15.0. The van der Waals surface area contributed by atoms with Gasteiger partial charge in [0.15, 0.2) is 5.16 Å². The van der Waals surface area contributed by atoms with Gasteiger partial charge in [-0.1, -0.05) is 42.8 Å². The molecule has 1 heterocycles. The number of halogens is 1. The molecule has 0 aliphatic rings. The Labute approximate surface area is 145 Å². The molecule has 0 bridgehead atoms. The van der Waals surface area contributed by atoms with Crippen LogP contribution in [0.1, 0.15) is 32.5 Å². The number of hydrogen-bond acceptors (Lipinski definition) is 5. The van der Waals surface area contributed by atoms with Crippen molar-refractivity contribution in [3.05, 3.63) is 35.1 Å². The van der Waals surface area contributed by atoms with E-state index in [0.717, 1.165) is 24.4 Å². The predicted octanol–water partition coefficient (Wildman–Crippen LogP) is 4.05. The number of benzene rings is 1. The van der Waals surface area contributed by atoms with Gasteiger partial charge in [-0.3, -0.25) is 9.36 Å². The SMILES string of the molecule is CCCC(Sc1nnc(C)n1-c1cccc(Cl)c1)C(=O)OCC. The van der Waals surface area contributed by atoms with Crippen molar-refractivity contribution in [1.82, 2.24) is 14.8 Å². The van der Waals surface area contributed by atoms with Crippen LogP contribution in [0, 0.1) is 6.92 Å². The van der Waals surface area contributed by atoms with Crippen LogP contribution in [0.5, 0.6) is 0 Å². The molecule has 0 amide bonds. The fourth-order valence-corrected chi connectivity index (χ4v) is 3.57. The molecule has 1 atom stereocenters. The molecule has 0 fully saturated rings. The van der Waals surface area contributed by atoms with Crippen LogP contribution >= 0.6 is 23.4 Å². The molecule has 2 rings (SSSR count). The number of aryl methyl sites for hydroxylation is 1. The molecule has 0 saturated carbocycles. The highest BCUT2D eigenvalue weighted by atomic mass is 35.5. The minimum Gasteiger partial charge on any atom is -0.465 e. The summed E-state index contributed by atoms with van der Waals surface area (Å²) in [5.41, 5.74) is 0.876. The Kier molecular flexibility index (Phi) is 6.47. The monoisotopic (exact) mass is 353 g/mol. The normalized spacial score (nSPS) is 12.2. The lowest BCUT2D eigenvalue weighted by atomic mass is 10.2. The van der Waals surface area contributed by atoms with E-state index in [0.29, 0.717) is 16.8 Å². The topological polar surface area (TPSA) is 57.0 Å². The first-order valence-electron chi connectivity index (χ1n) is 7.58. The Bertz CT molecular complexity index is 675. The van der Waals surface area contributed by atoms with Crippen molar-refractivity contribution in [3.8, 4) is 5.69 Å². The van der Waals surface area contributed by atoms with E-state index in [4.69, 9.17) is 16.3 Å². The first kappa shape index (κ1) is 17.8. The van der Waals surface area contributed by atoms with Crippen LogP contribution in [-0.2, 0) is 9.53 Å². The van der Waals surface area contributed by atoms with E-state index in [-0.39, 0.29) is 11.2 Å². The smallest absolute Gasteiger partial charge is 0.319 e. The summed E-state index contributed by atoms with van der Waals surface area (Å²) < 4.78 is 7.06. The number of esters is 1. The summed E-state index contributed by atoms with van der Waals surface area (Å²) in [6.45, 7) is 6.10. The molecular formula is C16H20ClN3O2S. The van der Waals surface area contributed by atoms with Crippen LogP contribution in [0.2, 0.25) is 5.02 Å². The number of thioether (sulfide) groups is 1. The van der Waals surface area contributed by atoms with Crippen molar-refractivity contribution >= 4 is 29.3 Å². The van der Waals surface area contributed by atoms with Gasteiger partial charge in [0.25, 0.3) is 0 Å². The highest BCUT2D eigenvalue weighted by Gasteiger charge is 2.24. The molecule has 23 heavy (non-hydrogen) atoms. The van der Waals surface area contributed by atoms with Gasteiger partial charge >= 0.3 is 5.97 Å². The molecule has 1 aromatic carbocycles. The summed E-state index contributed by atoms with van der Waals surface area (Å²) in [7, 11) is 0. The number of rotatable bonds is 7. The maximum Gasteiger partial charge on any atom is 0.319 e. The molecule has 2 aromatic rings. The number of carbonyl (C=O) groups is 1. The lowest BCUT2D eigenvalue weighted by Gasteiger charge is -2.15. The van der Waals surface area contributed by atoms with Gasteiger partial charge in [0.1, 0.15) is 11.1 Å². The summed E-state index contributed by atoms with van der Waals surface area (Å²) in [4.78, 5) is 12.1. The number of nitrogens with zero attached hydrogens (tertiary/aromatic N) is 3. The second-order valence-corrected chi connectivity index (χ2v) is 6.60. The zero-order chi connectivity index (χ0) is 16.8. The molecule has 1 aromatic heterocycles. The average molecular weight is 354 g/mol. The molecule has 0 radical (unpaired) electrons. The van der Waals surface area contributed by atoms with Crippen LogP contribution in [0.4, 0.5) is 0 Å². The second-order valence-electron chi connectivity index (χ2n) is 4.99. The quantitative estimate of drug-likeness (QED) is 0.555. The maximum absolute atomic E-state index is 12.1. The van der Waals surface area contributed by atoms with Crippen LogP contribution in [-0.4, -0.2) is 32.6 Å². The first-order chi connectivity index (χ1) is 11.1. The third-order valence-electron chi connectivity index (χ3n) is 3.21. The van der Waals surface area contributed by atoms with E-state index < -0.39 is 0 Å². The van der Waals surface area contributed by atoms with E-state index >= 15 is 0 Å². The molecule has 1 unspecified atom stereocenters. The van der Waals surface area contributed by atoms with E-state index in [9.17, 15) is 4.79 Å². The van der Waals surface area contributed by atoms with E-state index in [1.807, 2.05) is 49.6 Å². The second kappa shape index (κ2) is 8.36. The van der Waals surface area contributed by atoms with Gasteiger partial charge in [-0.2, -0.15) is 0 Å². The highest BCUT2D eigenvalue weighted by Crippen LogP contribution is 2.29. The van der Waals surface area contributed by atoms with E-state index in [1.54, 1.807) is 0 Å². The Morgan fingerprint density at radius 3 is 2.83 bits per heavy atom. The minimum atomic E-state index is -0.290. The van der Waals surface area contributed by atoms with Gasteiger partial charge in [-0.05, 0) is 38.5 Å². The lowest BCUT2D eigenvalue weighted by Crippen LogP contribution is -2.20. The Morgan fingerprint density at radius 2 is 2.17 bits per heavy atom. The van der Waals surface area contributed by atoms with Crippen LogP contribution in [0.3, 0.4) is 0 Å². The minimum absolute atomic E-state index is 0.211. The van der Waals surface area contributed by atoms with Gasteiger partial charge in [0, 0.05) is 5.02 Å². The fraction of sp³-hybridized carbons (Fsp3) is 0.438. The average Bonchev–Trinajstić information content (AvgIpc) is 2.88. The van der Waals surface area contributed by atoms with Crippen molar-refractivity contribution in [3.63, 3.8) is 0 Å². The Morgan fingerprint density at radius 1 is 1.39 bits per heavy atom. The standard InChI is InChI=1S/C16H20ClN3O2S/c1-4-7-14(15(21)22-5-2)23-16-19-18-11(3)20(16)13-9-6-8-12(17)10-13/h6,8-10,14H,4-5,7H2,1-3H3. The molecular weight excluding hydrogens is 334 g/mol. The zero-order valence-electron chi connectivity index (χ0n) is 13.5. The summed E-state index contributed by atoms with van der Waals surface area (Å²) in [6, 6.07) is 7.48. The molecule has 0 aliphatic carbocycles. The molecule has 5 nitrogen and oxygen atoms in total. The summed E-state index contributed by atoms with van der Waals surface area (Å²) in [6.07, 6.45) is 1.62. The third-order valence-corrected chi connectivity index (χ3v) is 4.63. The number of hydrogen-bond donors (Lipinski definition) is 0. The maximum atomic E-state index is 12.1. The van der Waals surface area contributed by atoms with E-state index in [2.05, 4.69) is 10.2 Å². The number of carbonyl (C=O) groups excluding carboxylic acids is 1. The lowest BCUT2D eigenvalue weighted by molar-refractivity contribution is -0.142. The van der Waals surface area contributed by atoms with Crippen molar-refractivity contribution in [2.45, 2.75) is 44.0 Å². The van der Waals surface area contributed by atoms with Gasteiger partial charge in [0.05, 0.1) is 12.3 Å². The summed E-state index contributed by atoms with van der Waals surface area (Å²) in [5, 5.41) is 9.36. The van der Waals surface area contributed by atoms with Crippen molar-refractivity contribution < 1.29 is 9.53 Å². The van der Waals surface area contributed by atoms with Gasteiger partial charge < -0.3 is 4.74 Å². The molecule has 7 heteroatoms. The molecule has 0 aliphatic heterocycles. The summed E-state index contributed by atoms with van der Waals surface area (Å²) >= 11 is 7.46. The van der Waals surface area contributed by atoms with Crippen molar-refractivity contribution in [1.29, 1.82) is 0 Å². The molecule has 0 N–H and O–H groups in total. The number of ether oxygens (including phenoxy) is 1. The van der Waals surface area contributed by atoms with Crippen LogP contribution in [0.15, 0.2) is 29.4 Å². The van der Waals surface area contributed by atoms with Crippen LogP contribution in [0.25, 0.3) is 5.69 Å². The van der Waals surface area contributed by atoms with Gasteiger partial charge in [0.2, 0.25) is 0 Å². The van der Waals surface area contributed by atoms with Crippen molar-refractivity contribution in [2.75, 3.05) is 6.61 Å². The Balaban J connectivity index is 2.31. The van der Waals surface area contributed by atoms with Gasteiger partial charge in [-0.25, -0.2) is 0 Å². The molecule has 124 valence electrons. The third kappa shape index (κ3) is 4.48. The molecule has 0 spiro atoms. The van der Waals surface area contributed by atoms with Crippen LogP contribution < -0.4 is 0 Å². The van der Waals surface area contributed by atoms with Crippen molar-refractivity contribution in [2.24, 2.45) is 0 Å². The Hall–Kier alpha value is -1.53. The first-order valence-corrected chi connectivity index (χ1v) is 8.83. The molecule has 0 saturated heterocycles. The predicted molar refractivity (Wildman–Crippen MR) is 92.3 cm³/mol. The highest BCUT2D eigenvalue weighted by molar-refractivity contribution is 8.00. The summed E-state index contributed by atoms with van der Waals surface area (Å²) in [5.74, 6) is 0.534. The van der Waals surface area contributed by atoms with Gasteiger partial charge in [-0.15, -0.1) is 10.2 Å².